The molecule has 1 aromatic heterocycles. The Morgan fingerprint density at radius 2 is 1.73 bits per heavy atom. The van der Waals surface area contributed by atoms with Crippen molar-refractivity contribution in [1.29, 1.82) is 0 Å². The summed E-state index contributed by atoms with van der Waals surface area (Å²) in [6.45, 7) is 6.52. The van der Waals surface area contributed by atoms with E-state index in [1.54, 1.807) is 12.1 Å². The van der Waals surface area contributed by atoms with Crippen LogP contribution in [0.4, 0.5) is 10.1 Å². The molecule has 7 heteroatoms. The van der Waals surface area contributed by atoms with E-state index in [9.17, 15) is 14.0 Å². The second kappa shape index (κ2) is 9.57. The Bertz CT molecular complexity index is 1170. The molecule has 33 heavy (non-hydrogen) atoms. The lowest BCUT2D eigenvalue weighted by molar-refractivity contribution is -0.115. The fraction of sp³-hybridized carbons (Fsp3) is 0.346. The van der Waals surface area contributed by atoms with Gasteiger partial charge in [-0.25, -0.2) is 9.37 Å². The molecule has 0 unspecified atom stereocenters. The third kappa shape index (κ3) is 4.97. The molecule has 0 bridgehead atoms. The molecule has 0 spiro atoms. The van der Waals surface area contributed by atoms with Crippen LogP contribution in [0.3, 0.4) is 0 Å². The molecule has 2 amide bonds. The Labute approximate surface area is 193 Å². The lowest BCUT2D eigenvalue weighted by atomic mass is 10.1. The third-order valence-electron chi connectivity index (χ3n) is 6.04. The van der Waals surface area contributed by atoms with E-state index in [1.807, 2.05) is 32.9 Å². The highest BCUT2D eigenvalue weighted by Crippen LogP contribution is 2.27. The van der Waals surface area contributed by atoms with Gasteiger partial charge >= 0.3 is 0 Å². The lowest BCUT2D eigenvalue weighted by Crippen LogP contribution is -2.34. The highest BCUT2D eigenvalue weighted by atomic mass is 19.1. The molecule has 2 heterocycles. The van der Waals surface area contributed by atoms with Crippen molar-refractivity contribution in [2.75, 3.05) is 11.9 Å². The minimum absolute atomic E-state index is 0.149. The zero-order valence-corrected chi connectivity index (χ0v) is 19.3. The molecule has 0 aliphatic carbocycles. The Balaban J connectivity index is 1.52. The Hall–Kier alpha value is -3.48. The average Bonchev–Trinajstić information content (AvgIpc) is 2.96. The number of aryl methyl sites for hydroxylation is 3. The minimum atomic E-state index is -0.374. The standard InChI is InChI=1S/C26H29FN4O2/c1-16-13-17(2)23(18(3)14-16)29-22(32)15-28-26(33)24-21-7-5-4-6-12-31(21)25(30-24)19-8-10-20(27)11-9-19/h8-11,13-14H,4-7,12,15H2,1-3H3,(H,28,33)(H,29,32). The lowest BCUT2D eigenvalue weighted by Gasteiger charge is -2.13. The zero-order valence-electron chi connectivity index (χ0n) is 19.3. The molecule has 3 aromatic rings. The number of anilines is 1. The number of hydrogen-bond acceptors (Lipinski definition) is 3. The second-order valence-corrected chi connectivity index (χ2v) is 8.70. The van der Waals surface area contributed by atoms with E-state index in [0.29, 0.717) is 11.5 Å². The molecule has 2 N–H and O–H groups in total. The van der Waals surface area contributed by atoms with E-state index in [1.165, 1.54) is 12.1 Å². The normalized spacial score (nSPS) is 13.2. The van der Waals surface area contributed by atoms with E-state index >= 15 is 0 Å². The second-order valence-electron chi connectivity index (χ2n) is 8.70. The van der Waals surface area contributed by atoms with Crippen molar-refractivity contribution in [3.63, 3.8) is 0 Å². The quantitative estimate of drug-likeness (QED) is 0.594. The van der Waals surface area contributed by atoms with Crippen molar-refractivity contribution in [3.8, 4) is 11.4 Å². The smallest absolute Gasteiger partial charge is 0.272 e. The maximum atomic E-state index is 13.4. The van der Waals surface area contributed by atoms with Gasteiger partial charge in [0.2, 0.25) is 5.91 Å². The van der Waals surface area contributed by atoms with Crippen LogP contribution in [0.5, 0.6) is 0 Å². The van der Waals surface area contributed by atoms with Crippen molar-refractivity contribution in [3.05, 3.63) is 70.3 Å². The monoisotopic (exact) mass is 448 g/mol. The van der Waals surface area contributed by atoms with E-state index in [0.717, 1.165) is 65.9 Å². The van der Waals surface area contributed by atoms with Crippen molar-refractivity contribution < 1.29 is 14.0 Å². The van der Waals surface area contributed by atoms with Crippen molar-refractivity contribution >= 4 is 17.5 Å². The average molecular weight is 449 g/mol. The predicted octanol–water partition coefficient (Wildman–Crippen LogP) is 4.71. The fourth-order valence-corrected chi connectivity index (χ4v) is 4.53. The topological polar surface area (TPSA) is 76.0 Å². The summed E-state index contributed by atoms with van der Waals surface area (Å²) < 4.78 is 15.5. The van der Waals surface area contributed by atoms with E-state index in [2.05, 4.69) is 20.2 Å². The molecule has 1 aliphatic heterocycles. The Morgan fingerprint density at radius 3 is 2.42 bits per heavy atom. The number of carbonyl (C=O) groups is 2. The van der Waals surface area contributed by atoms with Gasteiger partial charge in [-0.05, 0) is 75.4 Å². The molecule has 4 rings (SSSR count). The van der Waals surface area contributed by atoms with Crippen LogP contribution in [-0.4, -0.2) is 27.9 Å². The number of fused-ring (bicyclic) bond motifs is 1. The molecule has 6 nitrogen and oxygen atoms in total. The van der Waals surface area contributed by atoms with Crippen LogP contribution in [0.2, 0.25) is 0 Å². The van der Waals surface area contributed by atoms with Crippen LogP contribution >= 0.6 is 0 Å². The van der Waals surface area contributed by atoms with Crippen LogP contribution in [0.1, 0.15) is 52.1 Å². The van der Waals surface area contributed by atoms with Crippen LogP contribution in [-0.2, 0) is 17.8 Å². The first-order chi connectivity index (χ1) is 15.8. The first-order valence-corrected chi connectivity index (χ1v) is 11.3. The van der Waals surface area contributed by atoms with Crippen LogP contribution < -0.4 is 10.6 Å². The van der Waals surface area contributed by atoms with Gasteiger partial charge in [0.1, 0.15) is 17.3 Å². The first kappa shape index (κ1) is 22.7. The van der Waals surface area contributed by atoms with Gasteiger partial charge in [0.25, 0.3) is 5.91 Å². The van der Waals surface area contributed by atoms with Gasteiger partial charge in [0, 0.05) is 17.8 Å². The number of nitrogens with zero attached hydrogens (tertiary/aromatic N) is 2. The number of nitrogens with one attached hydrogen (secondary N) is 2. The van der Waals surface area contributed by atoms with Gasteiger partial charge < -0.3 is 15.2 Å². The summed E-state index contributed by atoms with van der Waals surface area (Å²) in [6, 6.07) is 10.2. The summed E-state index contributed by atoms with van der Waals surface area (Å²) in [7, 11) is 0. The largest absolute Gasteiger partial charge is 0.342 e. The summed E-state index contributed by atoms with van der Waals surface area (Å²) >= 11 is 0. The van der Waals surface area contributed by atoms with Crippen molar-refractivity contribution in [1.82, 2.24) is 14.9 Å². The SMILES string of the molecule is Cc1cc(C)c(NC(=O)CNC(=O)c2nc(-c3ccc(F)cc3)n3c2CCCCC3)c(C)c1. The zero-order chi connectivity index (χ0) is 23.5. The van der Waals surface area contributed by atoms with Gasteiger partial charge in [-0.15, -0.1) is 0 Å². The van der Waals surface area contributed by atoms with Gasteiger partial charge in [-0.1, -0.05) is 24.1 Å². The summed E-state index contributed by atoms with van der Waals surface area (Å²) in [5, 5.41) is 5.63. The van der Waals surface area contributed by atoms with E-state index in [4.69, 9.17) is 0 Å². The summed E-state index contributed by atoms with van der Waals surface area (Å²) in [5.41, 5.74) is 5.84. The molecule has 0 radical (unpaired) electrons. The molecule has 0 fully saturated rings. The summed E-state index contributed by atoms with van der Waals surface area (Å²) in [6.07, 6.45) is 3.78. The highest BCUT2D eigenvalue weighted by molar-refractivity contribution is 6.00. The van der Waals surface area contributed by atoms with E-state index < -0.39 is 0 Å². The van der Waals surface area contributed by atoms with Crippen molar-refractivity contribution in [2.24, 2.45) is 0 Å². The predicted molar refractivity (Wildman–Crippen MR) is 127 cm³/mol. The molecular weight excluding hydrogens is 419 g/mol. The van der Waals surface area contributed by atoms with Gasteiger partial charge in [0.05, 0.1) is 12.2 Å². The number of halogens is 1. The number of imidazole rings is 1. The van der Waals surface area contributed by atoms with Gasteiger partial charge in [-0.2, -0.15) is 0 Å². The fourth-order valence-electron chi connectivity index (χ4n) is 4.53. The molecule has 172 valence electrons. The number of amides is 2. The van der Waals surface area contributed by atoms with Crippen molar-refractivity contribution in [2.45, 2.75) is 53.0 Å². The Kier molecular flexibility index (Phi) is 6.58. The summed E-state index contributed by atoms with van der Waals surface area (Å²) in [5.74, 6) is -0.319. The van der Waals surface area contributed by atoms with Crippen LogP contribution in [0, 0.1) is 26.6 Å². The molecule has 0 atom stereocenters. The molecule has 0 saturated carbocycles. The third-order valence-corrected chi connectivity index (χ3v) is 6.04. The Morgan fingerprint density at radius 1 is 1.03 bits per heavy atom. The maximum Gasteiger partial charge on any atom is 0.272 e. The van der Waals surface area contributed by atoms with Crippen LogP contribution in [0.25, 0.3) is 11.4 Å². The minimum Gasteiger partial charge on any atom is -0.342 e. The first-order valence-electron chi connectivity index (χ1n) is 11.3. The number of benzene rings is 2. The van der Waals surface area contributed by atoms with Gasteiger partial charge in [-0.3, -0.25) is 9.59 Å². The molecule has 1 aliphatic rings. The number of rotatable bonds is 5. The number of aromatic nitrogens is 2. The number of carbonyl (C=O) groups excluding carboxylic acids is 2. The van der Waals surface area contributed by atoms with E-state index in [-0.39, 0.29) is 24.2 Å². The highest BCUT2D eigenvalue weighted by Gasteiger charge is 2.24. The van der Waals surface area contributed by atoms with Gasteiger partial charge in [0.15, 0.2) is 0 Å². The molecule has 2 aromatic carbocycles. The number of hydrogen-bond donors (Lipinski definition) is 2. The summed E-state index contributed by atoms with van der Waals surface area (Å²) in [4.78, 5) is 30.2. The molecular formula is C26H29FN4O2. The van der Waals surface area contributed by atoms with Crippen LogP contribution in [0.15, 0.2) is 36.4 Å². The molecule has 0 saturated heterocycles. The maximum absolute atomic E-state index is 13.4.